The van der Waals surface area contributed by atoms with Crippen LogP contribution < -0.4 is 0 Å². The van der Waals surface area contributed by atoms with Crippen LogP contribution in [0.1, 0.15) is 60.3 Å². The summed E-state index contributed by atoms with van der Waals surface area (Å²) >= 11 is 0. The Balaban J connectivity index is 0.000000257. The average Bonchev–Trinajstić information content (AvgIpc) is 3.15. The number of hydrogen-bond donors (Lipinski definition) is 0. The van der Waals surface area contributed by atoms with Crippen LogP contribution in [0.5, 0.6) is 0 Å². The van der Waals surface area contributed by atoms with Crippen molar-refractivity contribution in [2.24, 2.45) is 0 Å². The third-order valence-electron chi connectivity index (χ3n) is 5.60. The van der Waals surface area contributed by atoms with Crippen LogP contribution >= 0.6 is 0 Å². The molecule has 0 N–H and O–H groups in total. The maximum Gasteiger partial charge on any atom is 0.257 e. The van der Waals surface area contributed by atoms with Crippen molar-refractivity contribution in [3.63, 3.8) is 0 Å². The fourth-order valence-corrected chi connectivity index (χ4v) is 4.24. The second-order valence-corrected chi connectivity index (χ2v) is 7.86. The average molecular weight is 411 g/mol. The molecule has 7 heteroatoms. The van der Waals surface area contributed by atoms with Crippen LogP contribution in [0.4, 0.5) is 13.2 Å². The predicted octanol–water partition coefficient (Wildman–Crippen LogP) is 4.38. The largest absolute Gasteiger partial charge is 0.380 e. The van der Waals surface area contributed by atoms with Crippen LogP contribution in [-0.2, 0) is 9.47 Å². The van der Waals surface area contributed by atoms with Crippen LogP contribution in [0.15, 0.2) is 0 Å². The van der Waals surface area contributed by atoms with Crippen molar-refractivity contribution in [3.05, 3.63) is 0 Å². The summed E-state index contributed by atoms with van der Waals surface area (Å²) in [5, 5.41) is 0. The van der Waals surface area contributed by atoms with Gasteiger partial charge in [-0.2, -0.15) is 0 Å². The molecule has 4 nitrogen and oxygen atoms in total. The smallest absolute Gasteiger partial charge is 0.257 e. The number of alkyl halides is 3. The Morgan fingerprint density at radius 3 is 2.32 bits per heavy atom. The molecule has 0 aromatic carbocycles. The molecule has 3 fully saturated rings. The van der Waals surface area contributed by atoms with E-state index in [0.717, 1.165) is 46.1 Å². The van der Waals surface area contributed by atoms with Crippen molar-refractivity contribution in [2.45, 2.75) is 84.0 Å². The second kappa shape index (κ2) is 12.4. The maximum absolute atomic E-state index is 13.2. The molecule has 3 heterocycles. The van der Waals surface area contributed by atoms with E-state index in [-0.39, 0.29) is 18.1 Å². The van der Waals surface area contributed by atoms with Gasteiger partial charge < -0.3 is 9.47 Å². The van der Waals surface area contributed by atoms with Gasteiger partial charge in [-0.25, -0.2) is 13.2 Å². The summed E-state index contributed by atoms with van der Waals surface area (Å²) in [6.45, 7) is 13.9. The van der Waals surface area contributed by atoms with Crippen LogP contribution in [0.25, 0.3) is 0 Å². The molecular weight excluding hydrogens is 369 g/mol. The third kappa shape index (κ3) is 7.81. The first-order valence-electron chi connectivity index (χ1n) is 11.0. The molecule has 0 spiro atoms. The molecule has 3 saturated heterocycles. The van der Waals surface area contributed by atoms with Gasteiger partial charge in [0.05, 0.1) is 19.8 Å². The molecule has 3 aliphatic rings. The van der Waals surface area contributed by atoms with Crippen molar-refractivity contribution in [3.8, 4) is 0 Å². The Hall–Kier alpha value is -0.370. The highest BCUT2D eigenvalue weighted by Gasteiger charge is 2.48. The maximum atomic E-state index is 13.2. The molecule has 0 radical (unpaired) electrons. The Labute approximate surface area is 169 Å². The highest BCUT2D eigenvalue weighted by atomic mass is 19.3. The fourth-order valence-electron chi connectivity index (χ4n) is 4.24. The first-order valence-corrected chi connectivity index (χ1v) is 11.0. The summed E-state index contributed by atoms with van der Waals surface area (Å²) in [7, 11) is 0. The molecule has 28 heavy (non-hydrogen) atoms. The summed E-state index contributed by atoms with van der Waals surface area (Å²) in [5.41, 5.74) is 0.0649. The molecule has 168 valence electrons. The highest BCUT2D eigenvalue weighted by Crippen LogP contribution is 2.40. The minimum absolute atomic E-state index is 0.0649. The molecule has 3 atom stereocenters. The van der Waals surface area contributed by atoms with Gasteiger partial charge in [0.1, 0.15) is 6.17 Å². The lowest BCUT2D eigenvalue weighted by molar-refractivity contribution is -0.0698. The highest BCUT2D eigenvalue weighted by molar-refractivity contribution is 5.03. The SMILES string of the molecule is CC.CCOCC12CCCN1CC(F)C2.CCOCC1CCN1CC(C)(F)F. The molecule has 3 rings (SSSR count). The molecule has 0 amide bonds. The van der Waals surface area contributed by atoms with E-state index in [1.165, 1.54) is 6.42 Å². The lowest BCUT2D eigenvalue weighted by Gasteiger charge is -2.41. The Morgan fingerprint density at radius 2 is 1.79 bits per heavy atom. The quantitative estimate of drug-likeness (QED) is 0.593. The van der Waals surface area contributed by atoms with Gasteiger partial charge in [-0.15, -0.1) is 0 Å². The summed E-state index contributed by atoms with van der Waals surface area (Å²) < 4.78 is 49.1. The summed E-state index contributed by atoms with van der Waals surface area (Å²) in [6.07, 6.45) is 3.37. The minimum atomic E-state index is -2.58. The summed E-state index contributed by atoms with van der Waals surface area (Å²) in [5.74, 6) is -2.58. The predicted molar refractivity (Wildman–Crippen MR) is 108 cm³/mol. The van der Waals surface area contributed by atoms with Gasteiger partial charge in [0.2, 0.25) is 0 Å². The summed E-state index contributed by atoms with van der Waals surface area (Å²) in [6, 6.07) is 0.214. The van der Waals surface area contributed by atoms with Crippen molar-refractivity contribution < 1.29 is 22.6 Å². The third-order valence-corrected chi connectivity index (χ3v) is 5.60. The number of fused-ring (bicyclic) bond motifs is 1. The lowest BCUT2D eigenvalue weighted by atomic mass is 9.95. The van der Waals surface area contributed by atoms with Crippen molar-refractivity contribution in [1.82, 2.24) is 9.80 Å². The van der Waals surface area contributed by atoms with E-state index in [1.807, 2.05) is 27.7 Å². The second-order valence-electron chi connectivity index (χ2n) is 7.86. The lowest BCUT2D eigenvalue weighted by Crippen LogP contribution is -2.53. The normalized spacial score (nSPS) is 30.0. The van der Waals surface area contributed by atoms with Gasteiger partial charge in [-0.05, 0) is 39.7 Å². The van der Waals surface area contributed by atoms with Crippen molar-refractivity contribution in [2.75, 3.05) is 52.6 Å². The van der Waals surface area contributed by atoms with Gasteiger partial charge in [0, 0.05) is 51.2 Å². The molecule has 0 aromatic rings. The van der Waals surface area contributed by atoms with Crippen LogP contribution in [0, 0.1) is 0 Å². The van der Waals surface area contributed by atoms with E-state index in [2.05, 4.69) is 4.90 Å². The van der Waals surface area contributed by atoms with Crippen LogP contribution in [0.3, 0.4) is 0 Å². The molecule has 3 aliphatic heterocycles. The minimum Gasteiger partial charge on any atom is -0.380 e. The van der Waals surface area contributed by atoms with Crippen molar-refractivity contribution >= 4 is 0 Å². The Kier molecular flexibility index (Phi) is 11.3. The van der Waals surface area contributed by atoms with E-state index < -0.39 is 12.1 Å². The molecule has 0 saturated carbocycles. The number of ether oxygens (including phenoxy) is 2. The van der Waals surface area contributed by atoms with Gasteiger partial charge in [0.15, 0.2) is 0 Å². The zero-order chi connectivity index (χ0) is 21.2. The first kappa shape index (κ1) is 25.7. The molecule has 0 aliphatic carbocycles. The van der Waals surface area contributed by atoms with E-state index in [4.69, 9.17) is 9.47 Å². The van der Waals surface area contributed by atoms with Gasteiger partial charge >= 0.3 is 0 Å². The zero-order valence-corrected chi connectivity index (χ0v) is 18.5. The van der Waals surface area contributed by atoms with E-state index in [0.29, 0.717) is 26.2 Å². The van der Waals surface area contributed by atoms with Gasteiger partial charge in [0.25, 0.3) is 5.92 Å². The first-order chi connectivity index (χ1) is 13.3. The number of likely N-dealkylation sites (tertiary alicyclic amines) is 1. The monoisotopic (exact) mass is 410 g/mol. The number of nitrogens with zero attached hydrogens (tertiary/aromatic N) is 2. The molecule has 0 aromatic heterocycles. The Morgan fingerprint density at radius 1 is 1.11 bits per heavy atom. The topological polar surface area (TPSA) is 24.9 Å². The fraction of sp³-hybridized carbons (Fsp3) is 1.00. The van der Waals surface area contributed by atoms with E-state index in [1.54, 1.807) is 4.90 Å². The van der Waals surface area contributed by atoms with Gasteiger partial charge in [-0.3, -0.25) is 9.80 Å². The van der Waals surface area contributed by atoms with Crippen LogP contribution in [-0.4, -0.2) is 86.1 Å². The van der Waals surface area contributed by atoms with Gasteiger partial charge in [-0.1, -0.05) is 13.8 Å². The van der Waals surface area contributed by atoms with E-state index in [9.17, 15) is 13.2 Å². The summed E-state index contributed by atoms with van der Waals surface area (Å²) in [4.78, 5) is 4.07. The molecule has 3 unspecified atom stereocenters. The standard InChI is InChI=1S/C10H18FNO.C9H17F2NO.C2H6/c1-2-13-8-10-4-3-5-12(10)7-9(11)6-10;1-3-13-6-8-4-5-12(8)7-9(2,10)11;1-2/h9H,2-8H2,1H3;8H,3-7H2,1-2H3;1-2H3. The number of hydrogen-bond acceptors (Lipinski definition) is 4. The number of rotatable bonds is 8. The zero-order valence-electron chi connectivity index (χ0n) is 18.5. The Bertz CT molecular complexity index is 423. The van der Waals surface area contributed by atoms with E-state index >= 15 is 0 Å². The van der Waals surface area contributed by atoms with Crippen LogP contribution in [0.2, 0.25) is 0 Å². The van der Waals surface area contributed by atoms with Crippen molar-refractivity contribution in [1.29, 1.82) is 0 Å². The molecular formula is C21H41F3N2O2. The number of halogens is 3. The molecule has 0 bridgehead atoms.